The van der Waals surface area contributed by atoms with Crippen LogP contribution < -0.4 is 10.6 Å². The zero-order valence-corrected chi connectivity index (χ0v) is 9.86. The Labute approximate surface area is 102 Å². The van der Waals surface area contributed by atoms with Gasteiger partial charge in [0.05, 0.1) is 0 Å². The van der Waals surface area contributed by atoms with Crippen molar-refractivity contribution < 1.29 is 18.4 Å². The molecule has 0 aliphatic carbocycles. The lowest BCUT2D eigenvalue weighted by molar-refractivity contribution is -0.120. The van der Waals surface area contributed by atoms with Crippen LogP contribution in [0, 0.1) is 6.92 Å². The number of aryl methyl sites for hydroxylation is 1. The highest BCUT2D eigenvalue weighted by atomic mass is 19.1. The second-order valence-corrected chi connectivity index (χ2v) is 3.94. The van der Waals surface area contributed by atoms with Crippen LogP contribution in [0.5, 0.6) is 0 Å². The molecule has 1 aliphatic rings. The molecule has 2 N–H and O–H groups in total. The van der Waals surface area contributed by atoms with Crippen LogP contribution >= 0.6 is 0 Å². The summed E-state index contributed by atoms with van der Waals surface area (Å²) in [6.07, 6.45) is -0.0354. The number of nitrogens with one attached hydrogen (secondary N) is 2. The number of alkyl halides is 1. The van der Waals surface area contributed by atoms with E-state index in [4.69, 9.17) is 4.42 Å². The molecule has 2 rings (SSSR count). The first-order valence-corrected chi connectivity index (χ1v) is 5.37. The van der Waals surface area contributed by atoms with Gasteiger partial charge in [0.15, 0.2) is 6.04 Å². The quantitative estimate of drug-likeness (QED) is 0.633. The summed E-state index contributed by atoms with van der Waals surface area (Å²) in [6.45, 7) is 3.00. The summed E-state index contributed by atoms with van der Waals surface area (Å²) in [4.78, 5) is 26.3. The van der Waals surface area contributed by atoms with Crippen LogP contribution in [0.1, 0.15) is 24.5 Å². The number of halogens is 1. The summed E-state index contributed by atoms with van der Waals surface area (Å²) in [5.74, 6) is 0.244. The zero-order chi connectivity index (χ0) is 13.3. The van der Waals surface area contributed by atoms with Gasteiger partial charge in [-0.25, -0.2) is 9.18 Å². The molecule has 0 aromatic carbocycles. The molecule has 3 amide bonds. The summed E-state index contributed by atoms with van der Waals surface area (Å²) in [5, 5.41) is 4.50. The van der Waals surface area contributed by atoms with Gasteiger partial charge in [0.25, 0.3) is 5.91 Å². The van der Waals surface area contributed by atoms with Gasteiger partial charge in [-0.2, -0.15) is 0 Å². The fourth-order valence-electron chi connectivity index (χ4n) is 1.57. The van der Waals surface area contributed by atoms with Crippen molar-refractivity contribution in [2.24, 2.45) is 4.99 Å². The normalized spacial score (nSPS) is 21.2. The molecule has 2 atom stereocenters. The largest absolute Gasteiger partial charge is 0.461 e. The molecule has 6 nitrogen and oxygen atoms in total. The third-order valence-electron chi connectivity index (χ3n) is 2.39. The van der Waals surface area contributed by atoms with Gasteiger partial charge >= 0.3 is 6.03 Å². The molecule has 1 aliphatic heterocycles. The minimum absolute atomic E-state index is 0.273. The topological polar surface area (TPSA) is 83.7 Å². The van der Waals surface area contributed by atoms with Crippen molar-refractivity contribution in [3.63, 3.8) is 0 Å². The Balaban J connectivity index is 2.23. The average Bonchev–Trinajstić information content (AvgIpc) is 2.79. The summed E-state index contributed by atoms with van der Waals surface area (Å²) >= 11 is 0. The van der Waals surface area contributed by atoms with Gasteiger partial charge in [0.1, 0.15) is 23.4 Å². The molecular weight excluding hydrogens is 241 g/mol. The number of imide groups is 1. The molecule has 2 unspecified atom stereocenters. The van der Waals surface area contributed by atoms with E-state index in [0.717, 1.165) is 6.21 Å². The molecule has 0 radical (unpaired) electrons. The summed E-state index contributed by atoms with van der Waals surface area (Å²) < 4.78 is 18.0. The van der Waals surface area contributed by atoms with E-state index in [-0.39, 0.29) is 5.76 Å². The number of carbonyl (C=O) groups is 2. The standard InChI is InChI=1S/C11H12FN3O3/c1-5(12)4-13-7-3-8(18-6(7)2)9-10(16)15-11(17)14-9/h3-5,9H,1-2H3,(H2,14,15,16,17). The first-order chi connectivity index (χ1) is 8.47. The van der Waals surface area contributed by atoms with Crippen molar-refractivity contribution in [2.45, 2.75) is 26.1 Å². The number of furan rings is 1. The molecule has 0 saturated carbocycles. The van der Waals surface area contributed by atoms with Crippen LogP contribution in [-0.2, 0) is 4.79 Å². The average molecular weight is 253 g/mol. The predicted molar refractivity (Wildman–Crippen MR) is 61.6 cm³/mol. The van der Waals surface area contributed by atoms with Crippen molar-refractivity contribution >= 4 is 23.8 Å². The van der Waals surface area contributed by atoms with Crippen LogP contribution in [0.3, 0.4) is 0 Å². The first-order valence-electron chi connectivity index (χ1n) is 5.37. The van der Waals surface area contributed by atoms with Crippen molar-refractivity contribution in [3.8, 4) is 0 Å². The fraction of sp³-hybridized carbons (Fsp3) is 0.364. The SMILES string of the molecule is Cc1oc(C2NC(=O)NC2=O)cc1N=CC(C)F. The van der Waals surface area contributed by atoms with E-state index in [0.29, 0.717) is 11.4 Å². The van der Waals surface area contributed by atoms with Crippen molar-refractivity contribution in [2.75, 3.05) is 0 Å². The molecule has 18 heavy (non-hydrogen) atoms. The second kappa shape index (κ2) is 4.59. The Morgan fingerprint density at radius 1 is 1.56 bits per heavy atom. The number of aliphatic imine (C=N–C) groups is 1. The fourth-order valence-corrected chi connectivity index (χ4v) is 1.57. The van der Waals surface area contributed by atoms with Crippen LogP contribution in [0.15, 0.2) is 15.5 Å². The Bertz CT molecular complexity index is 522. The molecule has 1 saturated heterocycles. The van der Waals surface area contributed by atoms with Crippen LogP contribution in [0.4, 0.5) is 14.9 Å². The van der Waals surface area contributed by atoms with E-state index >= 15 is 0 Å². The molecule has 1 aromatic rings. The van der Waals surface area contributed by atoms with Crippen LogP contribution in [-0.4, -0.2) is 24.3 Å². The minimum atomic E-state index is -1.17. The van der Waals surface area contributed by atoms with Gasteiger partial charge < -0.3 is 9.73 Å². The van der Waals surface area contributed by atoms with Crippen molar-refractivity contribution in [1.82, 2.24) is 10.6 Å². The summed E-state index contributed by atoms with van der Waals surface area (Å²) in [7, 11) is 0. The number of carbonyl (C=O) groups excluding carboxylic acids is 2. The smallest absolute Gasteiger partial charge is 0.322 e. The molecule has 96 valence electrons. The predicted octanol–water partition coefficient (Wildman–Crippen LogP) is 1.53. The maximum atomic E-state index is 12.6. The Morgan fingerprint density at radius 2 is 2.28 bits per heavy atom. The van der Waals surface area contributed by atoms with E-state index in [1.54, 1.807) is 6.92 Å². The molecule has 1 aromatic heterocycles. The number of hydrogen-bond acceptors (Lipinski definition) is 4. The number of nitrogens with zero attached hydrogens (tertiary/aromatic N) is 1. The first kappa shape index (κ1) is 12.3. The molecule has 2 heterocycles. The lowest BCUT2D eigenvalue weighted by Gasteiger charge is -2.01. The Hall–Kier alpha value is -2.18. The summed E-state index contributed by atoms with van der Waals surface area (Å²) in [5.41, 5.74) is 0.434. The summed E-state index contributed by atoms with van der Waals surface area (Å²) in [6, 6.07) is 0.0776. The van der Waals surface area contributed by atoms with Crippen LogP contribution in [0.2, 0.25) is 0 Å². The Morgan fingerprint density at radius 3 is 2.83 bits per heavy atom. The van der Waals surface area contributed by atoms with E-state index < -0.39 is 24.2 Å². The highest BCUT2D eigenvalue weighted by Crippen LogP contribution is 2.28. The van der Waals surface area contributed by atoms with E-state index in [2.05, 4.69) is 15.6 Å². The van der Waals surface area contributed by atoms with E-state index in [1.807, 2.05) is 0 Å². The second-order valence-electron chi connectivity index (χ2n) is 3.94. The van der Waals surface area contributed by atoms with Crippen molar-refractivity contribution in [1.29, 1.82) is 0 Å². The maximum Gasteiger partial charge on any atom is 0.322 e. The van der Waals surface area contributed by atoms with Gasteiger partial charge in [-0.1, -0.05) is 0 Å². The molecular formula is C11H12FN3O3. The lowest BCUT2D eigenvalue weighted by Crippen LogP contribution is -2.22. The molecule has 1 fully saturated rings. The monoisotopic (exact) mass is 253 g/mol. The minimum Gasteiger partial charge on any atom is -0.461 e. The lowest BCUT2D eigenvalue weighted by atomic mass is 10.2. The highest BCUT2D eigenvalue weighted by molar-refractivity contribution is 6.04. The molecule has 7 heteroatoms. The van der Waals surface area contributed by atoms with Gasteiger partial charge in [-0.3, -0.25) is 15.1 Å². The van der Waals surface area contributed by atoms with Crippen LogP contribution in [0.25, 0.3) is 0 Å². The third-order valence-corrected chi connectivity index (χ3v) is 2.39. The van der Waals surface area contributed by atoms with Gasteiger partial charge in [0.2, 0.25) is 0 Å². The van der Waals surface area contributed by atoms with E-state index in [9.17, 15) is 14.0 Å². The third kappa shape index (κ3) is 2.39. The zero-order valence-electron chi connectivity index (χ0n) is 9.86. The number of amides is 3. The van der Waals surface area contributed by atoms with Gasteiger partial charge in [-0.15, -0.1) is 0 Å². The highest BCUT2D eigenvalue weighted by Gasteiger charge is 2.33. The van der Waals surface area contributed by atoms with Gasteiger partial charge in [-0.05, 0) is 13.8 Å². The number of urea groups is 1. The molecule has 0 spiro atoms. The van der Waals surface area contributed by atoms with Crippen molar-refractivity contribution in [3.05, 3.63) is 17.6 Å². The maximum absolute atomic E-state index is 12.6. The number of hydrogen-bond donors (Lipinski definition) is 2. The number of rotatable bonds is 3. The Kier molecular flexibility index (Phi) is 3.14. The van der Waals surface area contributed by atoms with Gasteiger partial charge in [0, 0.05) is 12.3 Å². The molecule has 0 bridgehead atoms. The van der Waals surface area contributed by atoms with E-state index in [1.165, 1.54) is 13.0 Å².